The van der Waals surface area contributed by atoms with Crippen molar-refractivity contribution < 1.29 is 0 Å². The second-order valence-electron chi connectivity index (χ2n) is 3.98. The van der Waals surface area contributed by atoms with Crippen LogP contribution < -0.4 is 5.73 Å². The molecule has 0 bridgehead atoms. The summed E-state index contributed by atoms with van der Waals surface area (Å²) in [7, 11) is 4.30. The van der Waals surface area contributed by atoms with Crippen molar-refractivity contribution in [2.24, 2.45) is 5.73 Å². The van der Waals surface area contributed by atoms with Gasteiger partial charge in [-0.2, -0.15) is 0 Å². The maximum Gasteiger partial charge on any atom is 0.0407 e. The van der Waals surface area contributed by atoms with Crippen molar-refractivity contribution in [3.05, 3.63) is 12.7 Å². The summed E-state index contributed by atoms with van der Waals surface area (Å²) in [6, 6.07) is 0.510. The monoisotopic (exact) mass is 183 g/mol. The Bertz CT molecular complexity index is 170. The minimum Gasteiger partial charge on any atom is -0.323 e. The Hall–Kier alpha value is -0.380. The van der Waals surface area contributed by atoms with E-state index in [0.717, 1.165) is 13.1 Å². The van der Waals surface area contributed by atoms with E-state index in [9.17, 15) is 0 Å². The minimum absolute atomic E-state index is 0.0885. The Balaban J connectivity index is 2.61. The molecular weight excluding hydrogens is 162 g/mol. The first-order valence-electron chi connectivity index (χ1n) is 4.92. The Morgan fingerprint density at radius 3 is 2.77 bits per heavy atom. The molecule has 0 aliphatic carbocycles. The normalized spacial score (nSPS) is 29.6. The van der Waals surface area contributed by atoms with Crippen LogP contribution in [-0.4, -0.2) is 55.6 Å². The Morgan fingerprint density at radius 2 is 2.15 bits per heavy atom. The van der Waals surface area contributed by atoms with E-state index in [1.54, 1.807) is 0 Å². The van der Waals surface area contributed by atoms with E-state index in [-0.39, 0.29) is 6.04 Å². The molecule has 0 aromatic rings. The molecule has 0 aromatic heterocycles. The lowest BCUT2D eigenvalue weighted by Crippen LogP contribution is -2.49. The Kier molecular flexibility index (Phi) is 3.90. The van der Waals surface area contributed by atoms with Crippen LogP contribution in [0.1, 0.15) is 6.42 Å². The number of rotatable bonds is 2. The van der Waals surface area contributed by atoms with Gasteiger partial charge in [0.2, 0.25) is 0 Å². The fourth-order valence-corrected chi connectivity index (χ4v) is 1.88. The lowest BCUT2D eigenvalue weighted by molar-refractivity contribution is 0.211. The first-order chi connectivity index (χ1) is 6.15. The van der Waals surface area contributed by atoms with E-state index < -0.39 is 0 Å². The molecule has 2 N–H and O–H groups in total. The third kappa shape index (κ3) is 2.79. The first-order valence-corrected chi connectivity index (χ1v) is 4.92. The van der Waals surface area contributed by atoms with Gasteiger partial charge in [-0.05, 0) is 33.6 Å². The molecule has 1 fully saturated rings. The SMILES string of the molecule is C=CC(N)C1CN(C)CCCN1C. The molecule has 1 aliphatic rings. The average Bonchev–Trinajstić information content (AvgIpc) is 2.27. The molecule has 2 atom stereocenters. The van der Waals surface area contributed by atoms with Crippen LogP contribution >= 0.6 is 0 Å². The Morgan fingerprint density at radius 1 is 1.46 bits per heavy atom. The topological polar surface area (TPSA) is 32.5 Å². The number of nitrogens with two attached hydrogens (primary N) is 1. The van der Waals surface area contributed by atoms with Crippen LogP contribution in [0.25, 0.3) is 0 Å². The maximum absolute atomic E-state index is 5.98. The average molecular weight is 183 g/mol. The lowest BCUT2D eigenvalue weighted by Gasteiger charge is -2.30. The molecule has 3 heteroatoms. The van der Waals surface area contributed by atoms with Crippen molar-refractivity contribution in [3.8, 4) is 0 Å². The third-order valence-corrected chi connectivity index (χ3v) is 2.83. The van der Waals surface area contributed by atoms with Crippen molar-refractivity contribution in [1.29, 1.82) is 0 Å². The molecule has 13 heavy (non-hydrogen) atoms. The van der Waals surface area contributed by atoms with Crippen LogP contribution in [0.5, 0.6) is 0 Å². The van der Waals surface area contributed by atoms with E-state index in [1.807, 2.05) is 6.08 Å². The molecule has 0 saturated carbocycles. The van der Waals surface area contributed by atoms with Gasteiger partial charge >= 0.3 is 0 Å². The zero-order valence-electron chi connectivity index (χ0n) is 8.74. The highest BCUT2D eigenvalue weighted by atomic mass is 15.2. The van der Waals surface area contributed by atoms with Crippen LogP contribution in [0.15, 0.2) is 12.7 Å². The van der Waals surface area contributed by atoms with Crippen LogP contribution in [0.2, 0.25) is 0 Å². The predicted octanol–water partition coefficient (Wildman–Crippen LogP) is 0.136. The summed E-state index contributed by atoms with van der Waals surface area (Å²) in [6.07, 6.45) is 3.08. The summed E-state index contributed by atoms with van der Waals surface area (Å²) in [6.45, 7) is 7.11. The molecule has 0 aromatic carbocycles. The zero-order chi connectivity index (χ0) is 9.84. The van der Waals surface area contributed by atoms with Gasteiger partial charge < -0.3 is 15.5 Å². The van der Waals surface area contributed by atoms with Gasteiger partial charge in [0.05, 0.1) is 0 Å². The quantitative estimate of drug-likeness (QED) is 0.618. The highest BCUT2D eigenvalue weighted by Crippen LogP contribution is 2.09. The van der Waals surface area contributed by atoms with Crippen molar-refractivity contribution in [3.63, 3.8) is 0 Å². The van der Waals surface area contributed by atoms with Gasteiger partial charge in [-0.3, -0.25) is 0 Å². The van der Waals surface area contributed by atoms with Crippen molar-refractivity contribution >= 4 is 0 Å². The van der Waals surface area contributed by atoms with Crippen LogP contribution in [-0.2, 0) is 0 Å². The van der Waals surface area contributed by atoms with E-state index in [0.29, 0.717) is 6.04 Å². The number of hydrogen-bond donors (Lipinski definition) is 1. The van der Waals surface area contributed by atoms with E-state index in [2.05, 4.69) is 30.5 Å². The summed E-state index contributed by atoms with van der Waals surface area (Å²) >= 11 is 0. The van der Waals surface area contributed by atoms with Gasteiger partial charge in [0.1, 0.15) is 0 Å². The highest BCUT2D eigenvalue weighted by molar-refractivity contribution is 4.95. The van der Waals surface area contributed by atoms with E-state index in [4.69, 9.17) is 5.73 Å². The third-order valence-electron chi connectivity index (χ3n) is 2.83. The van der Waals surface area contributed by atoms with E-state index >= 15 is 0 Å². The molecule has 0 spiro atoms. The molecule has 1 aliphatic heterocycles. The standard InChI is InChI=1S/C10H21N3/c1-4-9(11)10-8-12(2)6-5-7-13(10)3/h4,9-10H,1,5-8,11H2,2-3H3. The second-order valence-corrected chi connectivity index (χ2v) is 3.98. The lowest BCUT2D eigenvalue weighted by atomic mass is 10.1. The molecule has 3 nitrogen and oxygen atoms in total. The molecule has 76 valence electrons. The summed E-state index contributed by atoms with van der Waals surface area (Å²) in [5, 5.41) is 0. The molecule has 1 rings (SSSR count). The van der Waals surface area contributed by atoms with Gasteiger partial charge in [-0.15, -0.1) is 6.58 Å². The summed E-state index contributed by atoms with van der Waals surface area (Å²) in [5.74, 6) is 0. The van der Waals surface area contributed by atoms with Gasteiger partial charge in [-0.1, -0.05) is 6.08 Å². The van der Waals surface area contributed by atoms with E-state index in [1.165, 1.54) is 13.0 Å². The minimum atomic E-state index is 0.0885. The molecule has 1 heterocycles. The second kappa shape index (κ2) is 4.74. The molecule has 1 saturated heterocycles. The number of nitrogens with zero attached hydrogens (tertiary/aromatic N) is 2. The molecule has 2 unspecified atom stereocenters. The van der Waals surface area contributed by atoms with Crippen molar-refractivity contribution in [2.45, 2.75) is 18.5 Å². The van der Waals surface area contributed by atoms with Crippen molar-refractivity contribution in [1.82, 2.24) is 9.80 Å². The molecule has 0 amide bonds. The zero-order valence-corrected chi connectivity index (χ0v) is 8.74. The van der Waals surface area contributed by atoms with Gasteiger partial charge in [0.25, 0.3) is 0 Å². The molecule has 0 radical (unpaired) electrons. The molecular formula is C10H21N3. The highest BCUT2D eigenvalue weighted by Gasteiger charge is 2.23. The number of hydrogen-bond acceptors (Lipinski definition) is 3. The largest absolute Gasteiger partial charge is 0.323 e. The van der Waals surface area contributed by atoms with Gasteiger partial charge in [0, 0.05) is 18.6 Å². The number of likely N-dealkylation sites (N-methyl/N-ethyl adjacent to an activating group) is 2. The summed E-state index contributed by atoms with van der Waals surface area (Å²) in [5.41, 5.74) is 5.98. The van der Waals surface area contributed by atoms with Crippen LogP contribution in [0.4, 0.5) is 0 Å². The summed E-state index contributed by atoms with van der Waals surface area (Å²) < 4.78 is 0. The van der Waals surface area contributed by atoms with Crippen molar-refractivity contribution in [2.75, 3.05) is 33.7 Å². The van der Waals surface area contributed by atoms with Crippen LogP contribution in [0.3, 0.4) is 0 Å². The van der Waals surface area contributed by atoms with Gasteiger partial charge in [0.15, 0.2) is 0 Å². The van der Waals surface area contributed by atoms with Gasteiger partial charge in [-0.25, -0.2) is 0 Å². The predicted molar refractivity (Wildman–Crippen MR) is 56.7 cm³/mol. The first kappa shape index (κ1) is 10.7. The summed E-state index contributed by atoms with van der Waals surface area (Å²) in [4.78, 5) is 4.69. The fraction of sp³-hybridized carbons (Fsp3) is 0.800. The fourth-order valence-electron chi connectivity index (χ4n) is 1.88. The Labute approximate surface area is 81.2 Å². The van der Waals surface area contributed by atoms with Crippen LogP contribution in [0, 0.1) is 0 Å². The smallest absolute Gasteiger partial charge is 0.0407 e. The maximum atomic E-state index is 5.98.